The summed E-state index contributed by atoms with van der Waals surface area (Å²) in [4.78, 5) is 28.9. The lowest BCUT2D eigenvalue weighted by molar-refractivity contribution is 0.111. The number of carbonyl (C=O) groups excluding carboxylic acids is 2. The molecule has 74 valence electrons. The summed E-state index contributed by atoms with van der Waals surface area (Å²) in [6.45, 7) is 1.93. The Morgan fingerprint density at radius 2 is 2.29 bits per heavy atom. The molecule has 0 aromatic carbocycles. The molecule has 0 radical (unpaired) electrons. The zero-order chi connectivity index (χ0) is 10.4. The fourth-order valence-electron chi connectivity index (χ4n) is 0.795. The molecule has 6 nitrogen and oxygen atoms in total. The van der Waals surface area contributed by atoms with Gasteiger partial charge in [-0.1, -0.05) is 0 Å². The first-order chi connectivity index (χ1) is 6.77. The van der Waals surface area contributed by atoms with Crippen LogP contribution in [0.25, 0.3) is 0 Å². The smallest absolute Gasteiger partial charge is 0.412 e. The summed E-state index contributed by atoms with van der Waals surface area (Å²) >= 11 is 0. The zero-order valence-electron chi connectivity index (χ0n) is 7.56. The summed E-state index contributed by atoms with van der Waals surface area (Å²) in [5.41, 5.74) is 0.0700. The van der Waals surface area contributed by atoms with Gasteiger partial charge in [-0.25, -0.2) is 14.8 Å². The second-order valence-corrected chi connectivity index (χ2v) is 2.25. The van der Waals surface area contributed by atoms with E-state index in [-0.39, 0.29) is 18.1 Å². The number of ether oxygens (including phenoxy) is 1. The van der Waals surface area contributed by atoms with E-state index < -0.39 is 6.09 Å². The Labute approximate surface area is 80.3 Å². The predicted octanol–water partition coefficient (Wildman–Crippen LogP) is 0.857. The molecule has 0 bridgehead atoms. The first-order valence-corrected chi connectivity index (χ1v) is 3.98. The van der Waals surface area contributed by atoms with Crippen LogP contribution in [0.3, 0.4) is 0 Å². The van der Waals surface area contributed by atoms with Crippen molar-refractivity contribution in [2.75, 3.05) is 11.9 Å². The number of rotatable bonds is 3. The molecule has 0 aliphatic heterocycles. The summed E-state index contributed by atoms with van der Waals surface area (Å²) < 4.78 is 4.61. The molecule has 0 aliphatic rings. The molecular formula is C8H9N3O3. The first kappa shape index (κ1) is 10.1. The molecule has 0 spiro atoms. The van der Waals surface area contributed by atoms with Crippen molar-refractivity contribution in [1.29, 1.82) is 0 Å². The lowest BCUT2D eigenvalue weighted by Crippen LogP contribution is -2.16. The Hall–Kier alpha value is -1.98. The predicted molar refractivity (Wildman–Crippen MR) is 48.1 cm³/mol. The van der Waals surface area contributed by atoms with Crippen LogP contribution in [0.5, 0.6) is 0 Å². The average Bonchev–Trinajstić information content (AvgIpc) is 2.19. The second-order valence-electron chi connectivity index (χ2n) is 2.25. The van der Waals surface area contributed by atoms with Gasteiger partial charge in [0.2, 0.25) is 0 Å². The standard InChI is InChI=1S/C8H9N3O3/c1-2-14-8(13)11-7-6(5-12)9-3-4-10-7/h3-5H,2H2,1H3,(H,10,11,13). The molecule has 0 atom stereocenters. The van der Waals surface area contributed by atoms with Crippen molar-refractivity contribution >= 4 is 18.2 Å². The number of anilines is 1. The van der Waals surface area contributed by atoms with E-state index in [0.29, 0.717) is 6.29 Å². The van der Waals surface area contributed by atoms with Gasteiger partial charge in [-0.3, -0.25) is 10.1 Å². The number of aldehydes is 1. The number of nitrogens with one attached hydrogen (secondary N) is 1. The van der Waals surface area contributed by atoms with Crippen LogP contribution >= 0.6 is 0 Å². The van der Waals surface area contributed by atoms with Gasteiger partial charge in [0.15, 0.2) is 12.1 Å². The van der Waals surface area contributed by atoms with E-state index in [1.807, 2.05) is 0 Å². The number of hydrogen-bond acceptors (Lipinski definition) is 5. The highest BCUT2D eigenvalue weighted by atomic mass is 16.5. The van der Waals surface area contributed by atoms with Gasteiger partial charge in [-0.2, -0.15) is 0 Å². The molecule has 1 amide bonds. The van der Waals surface area contributed by atoms with Gasteiger partial charge >= 0.3 is 6.09 Å². The molecular weight excluding hydrogens is 186 g/mol. The highest BCUT2D eigenvalue weighted by molar-refractivity contribution is 5.89. The Morgan fingerprint density at radius 1 is 1.57 bits per heavy atom. The largest absolute Gasteiger partial charge is 0.450 e. The molecule has 0 aliphatic carbocycles. The first-order valence-electron chi connectivity index (χ1n) is 3.98. The van der Waals surface area contributed by atoms with Crippen LogP contribution in [-0.4, -0.2) is 29.0 Å². The van der Waals surface area contributed by atoms with E-state index in [2.05, 4.69) is 20.0 Å². The Kier molecular flexibility index (Phi) is 3.54. The van der Waals surface area contributed by atoms with Crippen molar-refractivity contribution < 1.29 is 14.3 Å². The third kappa shape index (κ3) is 2.51. The van der Waals surface area contributed by atoms with Crippen LogP contribution in [0.1, 0.15) is 17.4 Å². The van der Waals surface area contributed by atoms with Crippen molar-refractivity contribution in [3.8, 4) is 0 Å². The minimum Gasteiger partial charge on any atom is -0.450 e. The summed E-state index contributed by atoms with van der Waals surface area (Å²) in [7, 11) is 0. The summed E-state index contributed by atoms with van der Waals surface area (Å²) in [5.74, 6) is 0.0981. The third-order valence-corrected chi connectivity index (χ3v) is 1.33. The van der Waals surface area contributed by atoms with Gasteiger partial charge in [0.1, 0.15) is 5.69 Å². The molecule has 0 saturated heterocycles. The lowest BCUT2D eigenvalue weighted by Gasteiger charge is -2.04. The van der Waals surface area contributed by atoms with Gasteiger partial charge in [0, 0.05) is 12.4 Å². The van der Waals surface area contributed by atoms with Gasteiger partial charge in [0.25, 0.3) is 0 Å². The third-order valence-electron chi connectivity index (χ3n) is 1.33. The second kappa shape index (κ2) is 4.90. The summed E-state index contributed by atoms with van der Waals surface area (Å²) in [5, 5.41) is 2.30. The van der Waals surface area contributed by atoms with E-state index in [4.69, 9.17) is 0 Å². The molecule has 0 unspecified atom stereocenters. The molecule has 1 aromatic heterocycles. The van der Waals surface area contributed by atoms with Gasteiger partial charge in [-0.05, 0) is 6.92 Å². The molecule has 0 fully saturated rings. The van der Waals surface area contributed by atoms with Crippen LogP contribution in [0.15, 0.2) is 12.4 Å². The maximum atomic E-state index is 11.0. The molecule has 0 saturated carbocycles. The topological polar surface area (TPSA) is 81.2 Å². The van der Waals surface area contributed by atoms with Crippen molar-refractivity contribution in [1.82, 2.24) is 9.97 Å². The molecule has 1 heterocycles. The van der Waals surface area contributed by atoms with E-state index >= 15 is 0 Å². The minimum atomic E-state index is -0.656. The van der Waals surface area contributed by atoms with E-state index in [0.717, 1.165) is 0 Å². The number of aromatic nitrogens is 2. The zero-order valence-corrected chi connectivity index (χ0v) is 7.56. The Morgan fingerprint density at radius 3 is 2.93 bits per heavy atom. The molecule has 14 heavy (non-hydrogen) atoms. The number of nitrogens with zero attached hydrogens (tertiary/aromatic N) is 2. The maximum Gasteiger partial charge on any atom is 0.412 e. The fourth-order valence-corrected chi connectivity index (χ4v) is 0.795. The van der Waals surface area contributed by atoms with Crippen LogP contribution in [0, 0.1) is 0 Å². The summed E-state index contributed by atoms with van der Waals surface area (Å²) in [6.07, 6.45) is 2.58. The van der Waals surface area contributed by atoms with Crippen LogP contribution in [0.2, 0.25) is 0 Å². The van der Waals surface area contributed by atoms with Gasteiger partial charge < -0.3 is 4.74 Å². The van der Waals surface area contributed by atoms with Crippen LogP contribution in [0.4, 0.5) is 10.6 Å². The van der Waals surface area contributed by atoms with Gasteiger partial charge in [0.05, 0.1) is 6.61 Å². The van der Waals surface area contributed by atoms with Crippen molar-refractivity contribution in [2.24, 2.45) is 0 Å². The van der Waals surface area contributed by atoms with Crippen molar-refractivity contribution in [2.45, 2.75) is 6.92 Å². The Balaban J connectivity index is 2.75. The Bertz CT molecular complexity index is 340. The quantitative estimate of drug-likeness (QED) is 0.723. The minimum absolute atomic E-state index is 0.0700. The van der Waals surface area contributed by atoms with Gasteiger partial charge in [-0.15, -0.1) is 0 Å². The molecule has 1 rings (SSSR count). The van der Waals surface area contributed by atoms with Crippen LogP contribution < -0.4 is 5.32 Å². The maximum absolute atomic E-state index is 11.0. The van der Waals surface area contributed by atoms with Crippen LogP contribution in [-0.2, 0) is 4.74 Å². The molecule has 1 N–H and O–H groups in total. The SMILES string of the molecule is CCOC(=O)Nc1nccnc1C=O. The normalized spacial score (nSPS) is 9.21. The van der Waals surface area contributed by atoms with Crippen molar-refractivity contribution in [3.05, 3.63) is 18.1 Å². The van der Waals surface area contributed by atoms with E-state index in [1.54, 1.807) is 6.92 Å². The number of amides is 1. The monoisotopic (exact) mass is 195 g/mol. The number of carbonyl (C=O) groups is 2. The average molecular weight is 195 g/mol. The highest BCUT2D eigenvalue weighted by Crippen LogP contribution is 2.05. The lowest BCUT2D eigenvalue weighted by atomic mass is 10.4. The fraction of sp³-hybridized carbons (Fsp3) is 0.250. The molecule has 6 heteroatoms. The van der Waals surface area contributed by atoms with E-state index in [1.165, 1.54) is 12.4 Å². The highest BCUT2D eigenvalue weighted by Gasteiger charge is 2.07. The van der Waals surface area contributed by atoms with E-state index in [9.17, 15) is 9.59 Å². The summed E-state index contributed by atoms with van der Waals surface area (Å²) in [6, 6.07) is 0. The van der Waals surface area contributed by atoms with Crippen molar-refractivity contribution in [3.63, 3.8) is 0 Å². The number of hydrogen-bond donors (Lipinski definition) is 1. The molecule has 1 aromatic rings.